The van der Waals surface area contributed by atoms with Gasteiger partial charge in [-0.05, 0) is 13.1 Å². The zero-order chi connectivity index (χ0) is 8.27. The maximum absolute atomic E-state index is 9.22. The Hall–Kier alpha value is -1.22. The van der Waals surface area contributed by atoms with Crippen LogP contribution in [0.1, 0.15) is 5.56 Å². The summed E-state index contributed by atoms with van der Waals surface area (Å²) in [5.74, 6) is 0.210. The van der Waals surface area contributed by atoms with Gasteiger partial charge >= 0.3 is 0 Å². The highest BCUT2D eigenvalue weighted by atomic mass is 16.3. The molecule has 11 heavy (non-hydrogen) atoms. The van der Waals surface area contributed by atoms with Crippen LogP contribution in [0.25, 0.3) is 0 Å². The molecule has 0 unspecified atom stereocenters. The van der Waals surface area contributed by atoms with Crippen molar-refractivity contribution < 1.29 is 10.2 Å². The van der Waals surface area contributed by atoms with Crippen molar-refractivity contribution in [3.05, 3.63) is 23.8 Å². The van der Waals surface area contributed by atoms with Gasteiger partial charge < -0.3 is 15.5 Å². The molecule has 0 saturated carbocycles. The molecule has 0 fully saturated rings. The molecule has 0 bridgehead atoms. The largest absolute Gasteiger partial charge is 0.508 e. The van der Waals surface area contributed by atoms with Gasteiger partial charge in [0.15, 0.2) is 0 Å². The molecule has 0 aliphatic carbocycles. The van der Waals surface area contributed by atoms with Gasteiger partial charge in [-0.1, -0.05) is 6.07 Å². The number of rotatable bonds is 2. The Morgan fingerprint density at radius 3 is 2.64 bits per heavy atom. The van der Waals surface area contributed by atoms with E-state index in [1.54, 1.807) is 19.2 Å². The topological polar surface area (TPSA) is 52.5 Å². The quantitative estimate of drug-likeness (QED) is 0.589. The van der Waals surface area contributed by atoms with Crippen LogP contribution < -0.4 is 5.32 Å². The van der Waals surface area contributed by atoms with Crippen LogP contribution >= 0.6 is 0 Å². The van der Waals surface area contributed by atoms with E-state index in [0.29, 0.717) is 6.54 Å². The van der Waals surface area contributed by atoms with Crippen molar-refractivity contribution in [1.29, 1.82) is 0 Å². The summed E-state index contributed by atoms with van der Waals surface area (Å²) in [5.41, 5.74) is 0.783. The Morgan fingerprint density at radius 2 is 2.09 bits per heavy atom. The minimum absolute atomic E-state index is 0.0855. The monoisotopic (exact) mass is 153 g/mol. The van der Waals surface area contributed by atoms with Gasteiger partial charge in [0, 0.05) is 18.2 Å². The van der Waals surface area contributed by atoms with Crippen LogP contribution in [-0.2, 0) is 6.54 Å². The van der Waals surface area contributed by atoms with Gasteiger partial charge in [-0.3, -0.25) is 0 Å². The summed E-state index contributed by atoms with van der Waals surface area (Å²) in [5, 5.41) is 21.1. The van der Waals surface area contributed by atoms with E-state index in [9.17, 15) is 5.11 Å². The zero-order valence-corrected chi connectivity index (χ0v) is 6.33. The summed E-state index contributed by atoms with van der Waals surface area (Å²) in [7, 11) is 1.80. The predicted octanol–water partition coefficient (Wildman–Crippen LogP) is 0.817. The molecule has 3 N–H and O–H groups in total. The van der Waals surface area contributed by atoms with Crippen LogP contribution in [0.5, 0.6) is 11.5 Å². The first-order valence-corrected chi connectivity index (χ1v) is 3.39. The Bertz CT molecular complexity index is 248. The van der Waals surface area contributed by atoms with Crippen molar-refractivity contribution in [2.75, 3.05) is 7.05 Å². The molecule has 0 saturated heterocycles. The van der Waals surface area contributed by atoms with Crippen LogP contribution in [0.2, 0.25) is 0 Å². The third-order valence-electron chi connectivity index (χ3n) is 1.44. The van der Waals surface area contributed by atoms with Gasteiger partial charge in [0.25, 0.3) is 0 Å². The first-order valence-electron chi connectivity index (χ1n) is 3.39. The number of hydrogen-bond acceptors (Lipinski definition) is 3. The van der Waals surface area contributed by atoms with Gasteiger partial charge in [0.1, 0.15) is 11.5 Å². The molecule has 0 heterocycles. The lowest BCUT2D eigenvalue weighted by Crippen LogP contribution is -2.04. The highest BCUT2D eigenvalue weighted by Crippen LogP contribution is 2.21. The molecule has 60 valence electrons. The second kappa shape index (κ2) is 3.25. The third kappa shape index (κ3) is 1.85. The molecule has 0 amide bonds. The number of phenols is 2. The molecule has 0 spiro atoms. The van der Waals surface area contributed by atoms with Gasteiger partial charge in [0.05, 0.1) is 0 Å². The van der Waals surface area contributed by atoms with E-state index in [2.05, 4.69) is 5.32 Å². The standard InChI is InChI=1S/C8H11NO2/c1-9-5-6-2-3-7(10)4-8(6)11/h2-4,9-11H,5H2,1H3. The normalized spacial score (nSPS) is 9.91. The zero-order valence-electron chi connectivity index (χ0n) is 6.33. The minimum Gasteiger partial charge on any atom is -0.508 e. The molecule has 0 atom stereocenters. The van der Waals surface area contributed by atoms with Gasteiger partial charge in [-0.25, -0.2) is 0 Å². The molecular formula is C8H11NO2. The van der Waals surface area contributed by atoms with E-state index in [1.807, 2.05) is 0 Å². The molecular weight excluding hydrogens is 142 g/mol. The molecule has 3 heteroatoms. The van der Waals surface area contributed by atoms with Crippen LogP contribution in [0.4, 0.5) is 0 Å². The molecule has 0 aliphatic heterocycles. The fourth-order valence-corrected chi connectivity index (χ4v) is 0.892. The van der Waals surface area contributed by atoms with E-state index in [-0.39, 0.29) is 11.5 Å². The van der Waals surface area contributed by atoms with Crippen LogP contribution in [0.3, 0.4) is 0 Å². The minimum atomic E-state index is 0.0855. The highest BCUT2D eigenvalue weighted by Gasteiger charge is 1.99. The first-order chi connectivity index (χ1) is 5.24. The summed E-state index contributed by atoms with van der Waals surface area (Å²) in [6.45, 7) is 0.603. The maximum atomic E-state index is 9.22. The molecule has 3 nitrogen and oxygen atoms in total. The van der Waals surface area contributed by atoms with E-state index < -0.39 is 0 Å². The average molecular weight is 153 g/mol. The average Bonchev–Trinajstić information content (AvgIpc) is 1.95. The lowest BCUT2D eigenvalue weighted by molar-refractivity contribution is 0.445. The van der Waals surface area contributed by atoms with E-state index in [4.69, 9.17) is 5.11 Å². The second-order valence-electron chi connectivity index (χ2n) is 2.34. The van der Waals surface area contributed by atoms with Crippen LogP contribution in [0, 0.1) is 0 Å². The SMILES string of the molecule is CNCc1ccc(O)cc1O. The highest BCUT2D eigenvalue weighted by molar-refractivity contribution is 5.38. The lowest BCUT2D eigenvalue weighted by Gasteiger charge is -2.02. The summed E-state index contributed by atoms with van der Waals surface area (Å²) in [4.78, 5) is 0. The van der Waals surface area contributed by atoms with E-state index >= 15 is 0 Å². The molecule has 1 rings (SSSR count). The predicted molar refractivity (Wildman–Crippen MR) is 42.5 cm³/mol. The van der Waals surface area contributed by atoms with Gasteiger partial charge in [0.2, 0.25) is 0 Å². The van der Waals surface area contributed by atoms with Crippen molar-refractivity contribution in [2.45, 2.75) is 6.54 Å². The molecule has 1 aromatic carbocycles. The number of phenolic OH excluding ortho intramolecular Hbond substituents is 2. The Morgan fingerprint density at radius 1 is 1.36 bits per heavy atom. The second-order valence-corrected chi connectivity index (χ2v) is 2.34. The number of benzene rings is 1. The molecule has 0 aliphatic rings. The maximum Gasteiger partial charge on any atom is 0.123 e. The summed E-state index contributed by atoms with van der Waals surface area (Å²) >= 11 is 0. The Kier molecular flexibility index (Phi) is 2.33. The van der Waals surface area contributed by atoms with Crippen molar-refractivity contribution in [3.63, 3.8) is 0 Å². The number of hydrogen-bond donors (Lipinski definition) is 3. The smallest absolute Gasteiger partial charge is 0.123 e. The molecule has 0 aromatic heterocycles. The van der Waals surface area contributed by atoms with Crippen molar-refractivity contribution in [3.8, 4) is 11.5 Å². The Labute approximate surface area is 65.3 Å². The fraction of sp³-hybridized carbons (Fsp3) is 0.250. The third-order valence-corrected chi connectivity index (χ3v) is 1.44. The first kappa shape index (κ1) is 7.88. The van der Waals surface area contributed by atoms with E-state index in [0.717, 1.165) is 5.56 Å². The van der Waals surface area contributed by atoms with Crippen molar-refractivity contribution >= 4 is 0 Å². The van der Waals surface area contributed by atoms with Crippen LogP contribution in [-0.4, -0.2) is 17.3 Å². The fourth-order valence-electron chi connectivity index (χ4n) is 0.892. The number of nitrogens with one attached hydrogen (secondary N) is 1. The Balaban J connectivity index is 2.90. The molecule has 0 radical (unpaired) electrons. The number of aromatic hydroxyl groups is 2. The summed E-state index contributed by atoms with van der Waals surface area (Å²) in [6, 6.07) is 4.56. The van der Waals surface area contributed by atoms with Crippen molar-refractivity contribution in [1.82, 2.24) is 5.32 Å². The van der Waals surface area contributed by atoms with Gasteiger partial charge in [-0.15, -0.1) is 0 Å². The summed E-state index contributed by atoms with van der Waals surface area (Å²) in [6.07, 6.45) is 0. The van der Waals surface area contributed by atoms with E-state index in [1.165, 1.54) is 6.07 Å². The summed E-state index contributed by atoms with van der Waals surface area (Å²) < 4.78 is 0. The van der Waals surface area contributed by atoms with Crippen molar-refractivity contribution in [2.24, 2.45) is 0 Å². The van der Waals surface area contributed by atoms with Crippen LogP contribution in [0.15, 0.2) is 18.2 Å². The van der Waals surface area contributed by atoms with Gasteiger partial charge in [-0.2, -0.15) is 0 Å². The lowest BCUT2D eigenvalue weighted by atomic mass is 10.2. The molecule has 1 aromatic rings.